The van der Waals surface area contributed by atoms with Crippen molar-refractivity contribution in [2.24, 2.45) is 0 Å². The van der Waals surface area contributed by atoms with Crippen molar-refractivity contribution in [3.63, 3.8) is 0 Å². The number of benzene rings is 1. The predicted molar refractivity (Wildman–Crippen MR) is 61.3 cm³/mol. The van der Waals surface area contributed by atoms with E-state index in [4.69, 9.17) is 10.5 Å². The molecule has 0 aliphatic heterocycles. The molecule has 0 fully saturated rings. The number of hydrogen-bond acceptors (Lipinski definition) is 4. The van der Waals surface area contributed by atoms with Crippen LogP contribution in [0.3, 0.4) is 0 Å². The van der Waals surface area contributed by atoms with Gasteiger partial charge in [-0.1, -0.05) is 12.1 Å². The van der Waals surface area contributed by atoms with Crippen molar-refractivity contribution in [2.45, 2.75) is 0 Å². The van der Waals surface area contributed by atoms with Crippen LogP contribution in [-0.2, 0) is 0 Å². The molecule has 2 aromatic rings. The van der Waals surface area contributed by atoms with Gasteiger partial charge in [0.05, 0.1) is 12.7 Å². The van der Waals surface area contributed by atoms with Gasteiger partial charge in [0.1, 0.15) is 11.6 Å². The third kappa shape index (κ3) is 1.88. The average Bonchev–Trinajstić information content (AvgIpc) is 2.32. The summed E-state index contributed by atoms with van der Waals surface area (Å²) in [6, 6.07) is 8.73. The molecule has 0 saturated carbocycles. The number of nitrogens with two attached hydrogens (primary N) is 1. The van der Waals surface area contributed by atoms with E-state index < -0.39 is 0 Å². The fraction of sp³-hybridized carbons (Fsp3) is 0.0909. The second-order valence-corrected chi connectivity index (χ2v) is 3.27. The first-order chi connectivity index (χ1) is 7.70. The zero-order valence-corrected chi connectivity index (χ0v) is 8.73. The summed E-state index contributed by atoms with van der Waals surface area (Å²) in [5, 5.41) is 5.95. The van der Waals surface area contributed by atoms with E-state index in [1.807, 2.05) is 18.2 Å². The second kappa shape index (κ2) is 4.06. The maximum Gasteiger partial charge on any atom is 0.272 e. The van der Waals surface area contributed by atoms with Crippen molar-refractivity contribution in [1.82, 2.24) is 10.2 Å². The molecule has 0 saturated heterocycles. The molecule has 1 aromatic heterocycles. The van der Waals surface area contributed by atoms with Gasteiger partial charge < -0.3 is 10.5 Å². The molecule has 0 amide bonds. The summed E-state index contributed by atoms with van der Waals surface area (Å²) < 4.78 is 5.09. The largest absolute Gasteiger partial charge is 0.497 e. The lowest BCUT2D eigenvalue weighted by molar-refractivity contribution is 0.415. The van der Waals surface area contributed by atoms with E-state index in [0.29, 0.717) is 11.3 Å². The van der Waals surface area contributed by atoms with E-state index >= 15 is 0 Å². The Morgan fingerprint density at radius 1 is 1.38 bits per heavy atom. The maximum absolute atomic E-state index is 11.6. The molecule has 5 nitrogen and oxygen atoms in total. The number of anilines is 1. The molecule has 16 heavy (non-hydrogen) atoms. The van der Waals surface area contributed by atoms with Gasteiger partial charge in [-0.3, -0.25) is 4.79 Å². The normalized spacial score (nSPS) is 10.1. The minimum absolute atomic E-state index is 0.275. The zero-order valence-electron chi connectivity index (χ0n) is 8.73. The molecule has 82 valence electrons. The summed E-state index contributed by atoms with van der Waals surface area (Å²) in [6.45, 7) is 0. The van der Waals surface area contributed by atoms with Gasteiger partial charge in [-0.25, -0.2) is 5.10 Å². The summed E-state index contributed by atoms with van der Waals surface area (Å²) in [7, 11) is 1.57. The van der Waals surface area contributed by atoms with Gasteiger partial charge >= 0.3 is 0 Å². The molecule has 0 aliphatic rings. The Morgan fingerprint density at radius 2 is 2.19 bits per heavy atom. The SMILES string of the molecule is COc1cccc(-c2cc(N)n[nH]c2=O)c1. The standard InChI is InChI=1S/C11H11N3O2/c1-16-8-4-2-3-7(5-8)9-6-10(12)13-14-11(9)15/h2-6H,1H3,(H2,12,13)(H,14,15). The van der Waals surface area contributed by atoms with Gasteiger partial charge in [0, 0.05) is 0 Å². The lowest BCUT2D eigenvalue weighted by Crippen LogP contribution is -2.12. The van der Waals surface area contributed by atoms with Crippen LogP contribution in [0.1, 0.15) is 0 Å². The number of aromatic nitrogens is 2. The van der Waals surface area contributed by atoms with Crippen molar-refractivity contribution in [2.75, 3.05) is 12.8 Å². The molecule has 0 aliphatic carbocycles. The summed E-state index contributed by atoms with van der Waals surface area (Å²) in [4.78, 5) is 11.6. The fourth-order valence-electron chi connectivity index (χ4n) is 1.43. The lowest BCUT2D eigenvalue weighted by atomic mass is 10.1. The van der Waals surface area contributed by atoms with Crippen LogP contribution >= 0.6 is 0 Å². The highest BCUT2D eigenvalue weighted by molar-refractivity contribution is 5.66. The Morgan fingerprint density at radius 3 is 2.94 bits per heavy atom. The maximum atomic E-state index is 11.6. The van der Waals surface area contributed by atoms with Gasteiger partial charge in [0.2, 0.25) is 0 Å². The average molecular weight is 217 g/mol. The number of hydrogen-bond donors (Lipinski definition) is 2. The number of nitrogens with zero attached hydrogens (tertiary/aromatic N) is 1. The quantitative estimate of drug-likeness (QED) is 0.787. The van der Waals surface area contributed by atoms with E-state index in [1.165, 1.54) is 6.07 Å². The van der Waals surface area contributed by atoms with Crippen LogP contribution in [0.5, 0.6) is 5.75 Å². The van der Waals surface area contributed by atoms with E-state index in [2.05, 4.69) is 10.2 Å². The first kappa shape index (κ1) is 10.2. The minimum atomic E-state index is -0.276. The number of aromatic amines is 1. The third-order valence-electron chi connectivity index (χ3n) is 2.20. The monoisotopic (exact) mass is 217 g/mol. The molecule has 0 radical (unpaired) electrons. The number of rotatable bonds is 2. The topological polar surface area (TPSA) is 81.0 Å². The van der Waals surface area contributed by atoms with Gasteiger partial charge in [-0.15, -0.1) is 0 Å². The summed E-state index contributed by atoms with van der Waals surface area (Å²) in [5.74, 6) is 0.963. The van der Waals surface area contributed by atoms with Gasteiger partial charge in [-0.2, -0.15) is 5.10 Å². The van der Waals surface area contributed by atoms with E-state index in [0.717, 1.165) is 5.56 Å². The zero-order chi connectivity index (χ0) is 11.5. The second-order valence-electron chi connectivity index (χ2n) is 3.27. The van der Waals surface area contributed by atoms with Crippen molar-refractivity contribution in [3.8, 4) is 16.9 Å². The molecule has 1 heterocycles. The number of ether oxygens (including phenoxy) is 1. The highest BCUT2D eigenvalue weighted by Gasteiger charge is 2.05. The Labute approximate surface area is 91.9 Å². The molecule has 0 spiro atoms. The van der Waals surface area contributed by atoms with E-state index in [-0.39, 0.29) is 11.4 Å². The van der Waals surface area contributed by atoms with Crippen LogP contribution in [0.25, 0.3) is 11.1 Å². The third-order valence-corrected chi connectivity index (χ3v) is 2.20. The molecule has 0 unspecified atom stereocenters. The van der Waals surface area contributed by atoms with Crippen molar-refractivity contribution < 1.29 is 4.74 Å². The van der Waals surface area contributed by atoms with E-state index in [9.17, 15) is 4.79 Å². The smallest absolute Gasteiger partial charge is 0.272 e. The molecule has 3 N–H and O–H groups in total. The van der Waals surface area contributed by atoms with Gasteiger partial charge in [-0.05, 0) is 23.8 Å². The fourth-order valence-corrected chi connectivity index (χ4v) is 1.43. The summed E-state index contributed by atoms with van der Waals surface area (Å²) in [5.41, 5.74) is 6.47. The Hall–Kier alpha value is -2.30. The van der Waals surface area contributed by atoms with Crippen LogP contribution < -0.4 is 16.0 Å². The van der Waals surface area contributed by atoms with Gasteiger partial charge in [0.15, 0.2) is 0 Å². The van der Waals surface area contributed by atoms with Crippen LogP contribution in [0.4, 0.5) is 5.82 Å². The van der Waals surface area contributed by atoms with Crippen molar-refractivity contribution in [3.05, 3.63) is 40.7 Å². The number of nitrogens with one attached hydrogen (secondary N) is 1. The van der Waals surface area contributed by atoms with Crippen LogP contribution in [-0.4, -0.2) is 17.3 Å². The highest BCUT2D eigenvalue weighted by atomic mass is 16.5. The highest BCUT2D eigenvalue weighted by Crippen LogP contribution is 2.21. The molecule has 2 rings (SSSR count). The first-order valence-corrected chi connectivity index (χ1v) is 4.70. The van der Waals surface area contributed by atoms with Crippen LogP contribution in [0.15, 0.2) is 35.1 Å². The molecule has 0 bridgehead atoms. The van der Waals surface area contributed by atoms with Crippen molar-refractivity contribution >= 4 is 5.82 Å². The van der Waals surface area contributed by atoms with Crippen LogP contribution in [0.2, 0.25) is 0 Å². The number of nitrogen functional groups attached to an aromatic ring is 1. The molecule has 1 aromatic carbocycles. The minimum Gasteiger partial charge on any atom is -0.497 e. The van der Waals surface area contributed by atoms with Crippen LogP contribution in [0, 0.1) is 0 Å². The molecule has 0 atom stereocenters. The number of methoxy groups -OCH3 is 1. The molecular formula is C11H11N3O2. The Kier molecular flexibility index (Phi) is 2.59. The molecule has 5 heteroatoms. The van der Waals surface area contributed by atoms with Crippen molar-refractivity contribution in [1.29, 1.82) is 0 Å². The summed E-state index contributed by atoms with van der Waals surface area (Å²) >= 11 is 0. The van der Waals surface area contributed by atoms with E-state index in [1.54, 1.807) is 13.2 Å². The molecular weight excluding hydrogens is 206 g/mol. The lowest BCUT2D eigenvalue weighted by Gasteiger charge is -2.04. The first-order valence-electron chi connectivity index (χ1n) is 4.70. The van der Waals surface area contributed by atoms with Gasteiger partial charge in [0.25, 0.3) is 5.56 Å². The predicted octanol–water partition coefficient (Wildman–Crippen LogP) is 1.03. The Bertz CT molecular complexity index is 563. The number of H-pyrrole nitrogens is 1. The summed E-state index contributed by atoms with van der Waals surface area (Å²) in [6.07, 6.45) is 0. The Balaban J connectivity index is 2.58.